The van der Waals surface area contributed by atoms with Crippen molar-refractivity contribution in [3.8, 4) is 0 Å². The molecule has 0 nitrogen and oxygen atoms in total. The first-order valence-electron chi connectivity index (χ1n) is 4.11. The summed E-state index contributed by atoms with van der Waals surface area (Å²) in [4.78, 5) is 0. The van der Waals surface area contributed by atoms with Crippen molar-refractivity contribution in [2.75, 3.05) is 0 Å². The van der Waals surface area contributed by atoms with E-state index in [2.05, 4.69) is 50.8 Å². The fraction of sp³-hybridized carbons (Fsp3) is 0.273. The Balaban J connectivity index is 2.70. The molecule has 0 bridgehead atoms. The standard InChI is InChI=1S/C11H14Si/c1-4-11(2,3)12-10-8-6-5-7-9-10/h4-9H,1H2,2-3H3. The van der Waals surface area contributed by atoms with Gasteiger partial charge in [-0.2, -0.15) is 0 Å². The molecule has 12 heavy (non-hydrogen) atoms. The summed E-state index contributed by atoms with van der Waals surface area (Å²) in [6.07, 6.45) is 2.03. The molecule has 0 spiro atoms. The molecule has 0 N–H and O–H groups in total. The first-order valence-corrected chi connectivity index (χ1v) is 5.11. The van der Waals surface area contributed by atoms with Crippen molar-refractivity contribution in [3.63, 3.8) is 0 Å². The molecule has 62 valence electrons. The van der Waals surface area contributed by atoms with Crippen molar-refractivity contribution in [3.05, 3.63) is 43.0 Å². The quantitative estimate of drug-likeness (QED) is 0.487. The van der Waals surface area contributed by atoms with Crippen LogP contribution in [0.2, 0.25) is 5.04 Å². The third kappa shape index (κ3) is 2.66. The Morgan fingerprint density at radius 1 is 1.25 bits per heavy atom. The lowest BCUT2D eigenvalue weighted by molar-refractivity contribution is 0.855. The summed E-state index contributed by atoms with van der Waals surface area (Å²) in [5.41, 5.74) is 0. The van der Waals surface area contributed by atoms with E-state index in [0.29, 0.717) is 0 Å². The molecule has 1 aromatic carbocycles. The van der Waals surface area contributed by atoms with Crippen LogP contribution in [0.3, 0.4) is 0 Å². The van der Waals surface area contributed by atoms with Gasteiger partial charge in [-0.1, -0.05) is 55.4 Å². The topological polar surface area (TPSA) is 0 Å². The second-order valence-electron chi connectivity index (χ2n) is 3.42. The van der Waals surface area contributed by atoms with Gasteiger partial charge in [-0.15, -0.1) is 6.58 Å². The zero-order chi connectivity index (χ0) is 9.03. The summed E-state index contributed by atoms with van der Waals surface area (Å²) in [5.74, 6) is 0. The van der Waals surface area contributed by atoms with E-state index < -0.39 is 0 Å². The molecular formula is C11H14Si. The first kappa shape index (κ1) is 9.27. The van der Waals surface area contributed by atoms with Gasteiger partial charge in [-0.05, 0) is 5.04 Å². The van der Waals surface area contributed by atoms with Gasteiger partial charge in [0.1, 0.15) is 0 Å². The molecule has 1 aromatic rings. The minimum atomic E-state index is 0.237. The fourth-order valence-electron chi connectivity index (χ4n) is 0.945. The van der Waals surface area contributed by atoms with Gasteiger partial charge < -0.3 is 0 Å². The van der Waals surface area contributed by atoms with E-state index in [0.717, 1.165) is 9.52 Å². The van der Waals surface area contributed by atoms with Crippen LogP contribution in [0.5, 0.6) is 0 Å². The van der Waals surface area contributed by atoms with Gasteiger partial charge in [-0.3, -0.25) is 0 Å². The van der Waals surface area contributed by atoms with Crippen molar-refractivity contribution < 1.29 is 0 Å². The minimum Gasteiger partial charge on any atom is -0.103 e. The average molecular weight is 174 g/mol. The van der Waals surface area contributed by atoms with Crippen LogP contribution >= 0.6 is 0 Å². The zero-order valence-electron chi connectivity index (χ0n) is 7.67. The van der Waals surface area contributed by atoms with Crippen LogP contribution in [-0.2, 0) is 0 Å². The lowest BCUT2D eigenvalue weighted by atomic mass is 10.2. The van der Waals surface area contributed by atoms with Gasteiger partial charge in [0.05, 0.1) is 9.52 Å². The van der Waals surface area contributed by atoms with Crippen LogP contribution < -0.4 is 5.19 Å². The Morgan fingerprint density at radius 3 is 2.33 bits per heavy atom. The number of hydrogen-bond acceptors (Lipinski definition) is 0. The zero-order valence-corrected chi connectivity index (χ0v) is 8.67. The van der Waals surface area contributed by atoms with E-state index >= 15 is 0 Å². The molecule has 0 heterocycles. The van der Waals surface area contributed by atoms with Crippen molar-refractivity contribution in [2.24, 2.45) is 0 Å². The average Bonchev–Trinajstić information content (AvgIpc) is 2.06. The summed E-state index contributed by atoms with van der Waals surface area (Å²) < 4.78 is 0. The Bertz CT molecular complexity index is 249. The Hall–Kier alpha value is -0.823. The predicted octanol–water partition coefficient (Wildman–Crippen LogP) is 2.40. The highest BCUT2D eigenvalue weighted by Crippen LogP contribution is 2.22. The van der Waals surface area contributed by atoms with Crippen molar-refractivity contribution in [1.29, 1.82) is 0 Å². The van der Waals surface area contributed by atoms with Crippen LogP contribution in [0.15, 0.2) is 43.0 Å². The molecule has 0 aliphatic heterocycles. The minimum absolute atomic E-state index is 0.237. The van der Waals surface area contributed by atoms with Crippen LogP contribution in [0.25, 0.3) is 0 Å². The molecule has 1 rings (SSSR count). The molecule has 0 fully saturated rings. The highest BCUT2D eigenvalue weighted by molar-refractivity contribution is 6.57. The summed E-state index contributed by atoms with van der Waals surface area (Å²) in [5, 5.41) is 1.64. The highest BCUT2D eigenvalue weighted by atomic mass is 28.2. The van der Waals surface area contributed by atoms with Crippen LogP contribution in [0, 0.1) is 0 Å². The first-order chi connectivity index (χ1) is 5.64. The molecule has 0 unspecified atom stereocenters. The predicted molar refractivity (Wildman–Crippen MR) is 56.1 cm³/mol. The Labute approximate surface area is 77.1 Å². The van der Waals surface area contributed by atoms with Crippen molar-refractivity contribution >= 4 is 14.7 Å². The molecule has 1 heteroatoms. The van der Waals surface area contributed by atoms with Crippen LogP contribution in [0.1, 0.15) is 13.8 Å². The maximum Gasteiger partial charge on any atom is 0.0917 e. The molecule has 0 aromatic heterocycles. The monoisotopic (exact) mass is 174 g/mol. The van der Waals surface area contributed by atoms with Crippen molar-refractivity contribution in [2.45, 2.75) is 18.9 Å². The lowest BCUT2D eigenvalue weighted by Crippen LogP contribution is -2.23. The summed E-state index contributed by atoms with van der Waals surface area (Å²) in [6, 6.07) is 10.6. The number of benzene rings is 1. The third-order valence-electron chi connectivity index (χ3n) is 1.75. The summed E-state index contributed by atoms with van der Waals surface area (Å²) in [6.45, 7) is 8.26. The SMILES string of the molecule is C=CC(C)(C)[Si]c1ccccc1. The van der Waals surface area contributed by atoms with E-state index in [4.69, 9.17) is 0 Å². The van der Waals surface area contributed by atoms with E-state index in [9.17, 15) is 0 Å². The molecule has 0 saturated carbocycles. The molecule has 0 atom stereocenters. The third-order valence-corrected chi connectivity index (χ3v) is 3.22. The maximum atomic E-state index is 3.84. The molecule has 0 saturated heterocycles. The van der Waals surface area contributed by atoms with E-state index in [-0.39, 0.29) is 5.04 Å². The van der Waals surface area contributed by atoms with Crippen LogP contribution in [-0.4, -0.2) is 9.52 Å². The summed E-state index contributed by atoms with van der Waals surface area (Å²) >= 11 is 0. The summed E-state index contributed by atoms with van der Waals surface area (Å²) in [7, 11) is 0.813. The second-order valence-corrected chi connectivity index (χ2v) is 5.53. The number of hydrogen-bond donors (Lipinski definition) is 0. The maximum absolute atomic E-state index is 3.84. The Morgan fingerprint density at radius 2 is 1.83 bits per heavy atom. The smallest absolute Gasteiger partial charge is 0.0917 e. The largest absolute Gasteiger partial charge is 0.103 e. The molecule has 0 amide bonds. The van der Waals surface area contributed by atoms with Gasteiger partial charge in [-0.25, -0.2) is 0 Å². The van der Waals surface area contributed by atoms with Gasteiger partial charge in [0.25, 0.3) is 0 Å². The van der Waals surface area contributed by atoms with Gasteiger partial charge in [0, 0.05) is 0 Å². The van der Waals surface area contributed by atoms with Gasteiger partial charge >= 0.3 is 0 Å². The van der Waals surface area contributed by atoms with Gasteiger partial charge in [0.2, 0.25) is 0 Å². The number of allylic oxidation sites excluding steroid dienone is 1. The normalized spacial score (nSPS) is 11.2. The van der Waals surface area contributed by atoms with E-state index in [1.807, 2.05) is 6.08 Å². The van der Waals surface area contributed by atoms with Gasteiger partial charge in [0.15, 0.2) is 0 Å². The van der Waals surface area contributed by atoms with Crippen LogP contribution in [0.4, 0.5) is 0 Å². The van der Waals surface area contributed by atoms with E-state index in [1.165, 1.54) is 5.19 Å². The Kier molecular flexibility index (Phi) is 2.87. The van der Waals surface area contributed by atoms with E-state index in [1.54, 1.807) is 0 Å². The molecule has 0 aliphatic rings. The molecule has 0 aliphatic carbocycles. The second kappa shape index (κ2) is 3.72. The fourth-order valence-corrected chi connectivity index (χ4v) is 2.15. The lowest BCUT2D eigenvalue weighted by Gasteiger charge is -2.17. The molecule has 2 radical (unpaired) electrons. The highest BCUT2D eigenvalue weighted by Gasteiger charge is 2.14. The molecular weight excluding hydrogens is 160 g/mol. The number of rotatable bonds is 3. The van der Waals surface area contributed by atoms with Crippen molar-refractivity contribution in [1.82, 2.24) is 0 Å².